The maximum atomic E-state index is 13.5. The van der Waals surface area contributed by atoms with Crippen LogP contribution in [0, 0.1) is 0 Å². The molecule has 51 heavy (non-hydrogen) atoms. The van der Waals surface area contributed by atoms with Crippen LogP contribution < -0.4 is 15.5 Å². The van der Waals surface area contributed by atoms with Crippen molar-refractivity contribution in [2.45, 2.75) is 65.5 Å². The van der Waals surface area contributed by atoms with E-state index in [9.17, 15) is 14.4 Å². The van der Waals surface area contributed by atoms with Crippen LogP contribution >= 0.6 is 11.3 Å². The number of rotatable bonds is 17. The number of aromatic nitrogens is 1. The van der Waals surface area contributed by atoms with Gasteiger partial charge in [-0.25, -0.2) is 9.78 Å². The van der Waals surface area contributed by atoms with Crippen molar-refractivity contribution < 1.29 is 24.2 Å². The van der Waals surface area contributed by atoms with Crippen molar-refractivity contribution in [1.82, 2.24) is 15.6 Å². The van der Waals surface area contributed by atoms with Crippen molar-refractivity contribution in [2.24, 2.45) is 0 Å². The normalized spacial score (nSPS) is 11.1. The number of nitrogens with zero attached hydrogens (tertiary/aromatic N) is 1. The van der Waals surface area contributed by atoms with E-state index in [0.29, 0.717) is 36.4 Å². The first kappa shape index (κ1) is 36.7. The van der Waals surface area contributed by atoms with Crippen LogP contribution in [0.3, 0.4) is 0 Å². The second-order valence-electron chi connectivity index (χ2n) is 12.2. The van der Waals surface area contributed by atoms with Gasteiger partial charge in [0.15, 0.2) is 5.75 Å². The van der Waals surface area contributed by atoms with E-state index >= 15 is 0 Å². The largest absolute Gasteiger partial charge is 0.355 e. The minimum absolute atomic E-state index is 0.128. The molecule has 1 aromatic heterocycles. The fourth-order valence-corrected chi connectivity index (χ4v) is 6.05. The van der Waals surface area contributed by atoms with Gasteiger partial charge in [0.25, 0.3) is 5.91 Å². The molecule has 0 fully saturated rings. The average Bonchev–Trinajstić information content (AvgIpc) is 3.65. The Bertz CT molecular complexity index is 1900. The Kier molecular flexibility index (Phi) is 13.7. The maximum Gasteiger partial charge on any atom is 0.355 e. The molecule has 9 heteroatoms. The number of hydrogen-bond donors (Lipinski definition) is 2. The summed E-state index contributed by atoms with van der Waals surface area (Å²) in [6.07, 6.45) is 7.17. The Hall–Kier alpha value is -5.54. The molecular formula is C42H43N3O5S. The minimum Gasteiger partial charge on any atom is -0.348 e. The molecule has 0 bridgehead atoms. The van der Waals surface area contributed by atoms with Crippen LogP contribution in [0.2, 0.25) is 0 Å². The summed E-state index contributed by atoms with van der Waals surface area (Å²) in [7, 11) is 0. The summed E-state index contributed by atoms with van der Waals surface area (Å²) in [6.45, 7) is 4.66. The summed E-state index contributed by atoms with van der Waals surface area (Å²) < 4.78 is 0. The molecule has 0 saturated carbocycles. The zero-order chi connectivity index (χ0) is 35.8. The molecule has 0 atom stereocenters. The van der Waals surface area contributed by atoms with Gasteiger partial charge in [0.2, 0.25) is 5.91 Å². The molecule has 5 aromatic rings. The Morgan fingerprint density at radius 3 is 2.12 bits per heavy atom. The van der Waals surface area contributed by atoms with Crippen LogP contribution in [-0.2, 0) is 40.4 Å². The average molecular weight is 702 g/mol. The zero-order valence-electron chi connectivity index (χ0n) is 29.0. The van der Waals surface area contributed by atoms with Gasteiger partial charge in [0.1, 0.15) is 5.01 Å². The molecule has 0 saturated heterocycles. The number of thiazole rings is 1. The number of unbranched alkanes of at least 4 members (excludes halogenated alkanes) is 2. The monoisotopic (exact) mass is 701 g/mol. The molecule has 262 valence electrons. The predicted octanol–water partition coefficient (Wildman–Crippen LogP) is 8.66. The molecule has 0 unspecified atom stereocenters. The van der Waals surface area contributed by atoms with Crippen molar-refractivity contribution in [2.75, 3.05) is 0 Å². The van der Waals surface area contributed by atoms with Crippen molar-refractivity contribution in [3.8, 4) is 16.3 Å². The summed E-state index contributed by atoms with van der Waals surface area (Å²) in [6, 6.07) is 32.5. The number of benzene rings is 4. The Morgan fingerprint density at radius 1 is 0.765 bits per heavy atom. The van der Waals surface area contributed by atoms with Gasteiger partial charge in [-0.1, -0.05) is 106 Å². The van der Waals surface area contributed by atoms with E-state index < -0.39 is 5.97 Å². The van der Waals surface area contributed by atoms with E-state index in [2.05, 4.69) is 41.8 Å². The fraction of sp³-hybridized carbons (Fsp3) is 0.238. The van der Waals surface area contributed by atoms with Crippen LogP contribution in [0.5, 0.6) is 5.75 Å². The molecule has 4 aromatic carbocycles. The van der Waals surface area contributed by atoms with Gasteiger partial charge in [-0.2, -0.15) is 0 Å². The van der Waals surface area contributed by atoms with Crippen molar-refractivity contribution >= 4 is 35.2 Å². The number of hydrogen-bond acceptors (Lipinski definition) is 7. The highest BCUT2D eigenvalue weighted by Gasteiger charge is 2.15. The van der Waals surface area contributed by atoms with Crippen LogP contribution in [0.15, 0.2) is 114 Å². The van der Waals surface area contributed by atoms with E-state index in [4.69, 9.17) is 14.8 Å². The molecule has 0 aliphatic rings. The minimum atomic E-state index is -0.459. The van der Waals surface area contributed by atoms with Gasteiger partial charge in [0, 0.05) is 48.0 Å². The fourth-order valence-electron chi connectivity index (χ4n) is 5.23. The van der Waals surface area contributed by atoms with Crippen LogP contribution in [0.4, 0.5) is 0 Å². The quantitative estimate of drug-likeness (QED) is 0.0435. The second-order valence-corrected chi connectivity index (χ2v) is 13.0. The Morgan fingerprint density at radius 2 is 1.43 bits per heavy atom. The standard InChI is InChI=1S/C42H43N3O5S/c1-3-5-7-10-30-13-15-32(16-14-30)27-43-40(47)34-19-21-35(22-20-34)42-45-37(29-51-42)26-36(25-31-11-8-6-9-12-31)41(48)44-28-33-17-23-38(24-18-33)49-50-39(46)4-2/h6,8-9,11-25,29H,3-5,7,10,26-28H2,1-2H3,(H,43,47)(H,44,48). The summed E-state index contributed by atoms with van der Waals surface area (Å²) in [5, 5.41) is 8.80. The highest BCUT2D eigenvalue weighted by Crippen LogP contribution is 2.26. The molecule has 8 nitrogen and oxygen atoms in total. The summed E-state index contributed by atoms with van der Waals surface area (Å²) >= 11 is 1.50. The van der Waals surface area contributed by atoms with E-state index in [1.165, 1.54) is 36.2 Å². The molecule has 0 radical (unpaired) electrons. The van der Waals surface area contributed by atoms with Crippen LogP contribution in [-0.4, -0.2) is 22.8 Å². The van der Waals surface area contributed by atoms with Gasteiger partial charge in [-0.3, -0.25) is 19.4 Å². The third-order valence-corrected chi connectivity index (χ3v) is 9.13. The molecule has 0 spiro atoms. The number of nitrogens with one attached hydrogen (secondary N) is 2. The third kappa shape index (κ3) is 11.5. The summed E-state index contributed by atoms with van der Waals surface area (Å²) in [4.78, 5) is 52.2. The highest BCUT2D eigenvalue weighted by molar-refractivity contribution is 7.13. The van der Waals surface area contributed by atoms with Crippen LogP contribution in [0.1, 0.15) is 77.8 Å². The smallest absolute Gasteiger partial charge is 0.348 e. The SMILES string of the molecule is CCCCCc1ccc(CNC(=O)c2ccc(-c3nc(CC(=Cc4ccccc4)C(=O)NCc4ccc(OOC(=O)CC)cc4)cs3)cc2)cc1. The number of carbonyl (C=O) groups is 3. The van der Waals surface area contributed by atoms with E-state index in [-0.39, 0.29) is 18.2 Å². The first-order valence-electron chi connectivity index (χ1n) is 17.3. The van der Waals surface area contributed by atoms with E-state index in [0.717, 1.165) is 39.4 Å². The zero-order valence-corrected chi connectivity index (χ0v) is 29.8. The molecule has 1 heterocycles. The lowest BCUT2D eigenvalue weighted by Crippen LogP contribution is -2.25. The van der Waals surface area contributed by atoms with E-state index in [1.54, 1.807) is 31.2 Å². The van der Waals surface area contributed by atoms with Crippen molar-refractivity contribution in [3.05, 3.63) is 148 Å². The molecule has 0 aliphatic heterocycles. The van der Waals surface area contributed by atoms with Crippen molar-refractivity contribution in [1.29, 1.82) is 0 Å². The summed E-state index contributed by atoms with van der Waals surface area (Å²) in [5.41, 5.74) is 6.99. The molecule has 2 N–H and O–H groups in total. The Labute approximate surface area is 303 Å². The molecule has 5 rings (SSSR count). The van der Waals surface area contributed by atoms with Gasteiger partial charge in [0.05, 0.1) is 5.69 Å². The predicted molar refractivity (Wildman–Crippen MR) is 202 cm³/mol. The van der Waals surface area contributed by atoms with E-state index in [1.807, 2.05) is 66.1 Å². The second kappa shape index (κ2) is 19.0. The van der Waals surface area contributed by atoms with Crippen molar-refractivity contribution in [3.63, 3.8) is 0 Å². The van der Waals surface area contributed by atoms with Gasteiger partial charge >= 0.3 is 5.97 Å². The van der Waals surface area contributed by atoms with Gasteiger partial charge in [-0.15, -0.1) is 11.3 Å². The number of amides is 2. The third-order valence-electron chi connectivity index (χ3n) is 8.19. The maximum absolute atomic E-state index is 13.5. The first-order valence-corrected chi connectivity index (χ1v) is 18.2. The van der Waals surface area contributed by atoms with Crippen LogP contribution in [0.25, 0.3) is 16.6 Å². The number of carbonyl (C=O) groups excluding carboxylic acids is 3. The molecular weight excluding hydrogens is 659 g/mol. The lowest BCUT2D eigenvalue weighted by atomic mass is 10.1. The topological polar surface area (TPSA) is 107 Å². The molecule has 2 amide bonds. The first-order chi connectivity index (χ1) is 24.9. The molecule has 0 aliphatic carbocycles. The lowest BCUT2D eigenvalue weighted by molar-refractivity contribution is -0.213. The Balaban J connectivity index is 1.18. The highest BCUT2D eigenvalue weighted by atomic mass is 32.1. The lowest BCUT2D eigenvalue weighted by Gasteiger charge is -2.10. The summed E-state index contributed by atoms with van der Waals surface area (Å²) in [5.74, 6) is -0.400. The number of aryl methyl sites for hydroxylation is 1. The van der Waals surface area contributed by atoms with Gasteiger partial charge < -0.3 is 10.6 Å². The van der Waals surface area contributed by atoms with Gasteiger partial charge in [-0.05, 0) is 65.4 Å².